The standard InChI is InChI=1S/C20H20BrNO4/c1-14(23)22-12-4-5-15-8-10-16(11-9-15)19(24)13-26-20(25)17-6-2-3-7-18(17)21/h2-3,6-11H,4-5,12-13H2,1H3,(H,22,23). The molecule has 0 saturated carbocycles. The summed E-state index contributed by atoms with van der Waals surface area (Å²) in [6, 6.07) is 14.1. The largest absolute Gasteiger partial charge is 0.454 e. The third kappa shape index (κ3) is 6.11. The number of carbonyl (C=O) groups excluding carboxylic acids is 3. The number of ketones is 1. The molecular formula is C20H20BrNO4. The van der Waals surface area contributed by atoms with Gasteiger partial charge in [0.05, 0.1) is 5.56 Å². The maximum atomic E-state index is 12.2. The van der Waals surface area contributed by atoms with E-state index < -0.39 is 5.97 Å². The summed E-state index contributed by atoms with van der Waals surface area (Å²) in [4.78, 5) is 35.0. The van der Waals surface area contributed by atoms with Crippen molar-refractivity contribution in [3.8, 4) is 0 Å². The molecule has 0 atom stereocenters. The fourth-order valence-electron chi connectivity index (χ4n) is 2.33. The fraction of sp³-hybridized carbons (Fsp3) is 0.250. The minimum Gasteiger partial charge on any atom is -0.454 e. The van der Waals surface area contributed by atoms with Gasteiger partial charge in [-0.2, -0.15) is 0 Å². The Bertz CT molecular complexity index is 787. The number of aryl methyl sites for hydroxylation is 1. The maximum absolute atomic E-state index is 12.2. The van der Waals surface area contributed by atoms with Gasteiger partial charge in [0.1, 0.15) is 0 Å². The van der Waals surface area contributed by atoms with Crippen LogP contribution in [0.25, 0.3) is 0 Å². The van der Waals surface area contributed by atoms with E-state index in [9.17, 15) is 14.4 Å². The Kier molecular flexibility index (Phi) is 7.53. The van der Waals surface area contributed by atoms with E-state index in [4.69, 9.17) is 4.74 Å². The Morgan fingerprint density at radius 2 is 1.73 bits per heavy atom. The molecule has 6 heteroatoms. The Labute approximate surface area is 160 Å². The first-order valence-electron chi connectivity index (χ1n) is 8.25. The lowest BCUT2D eigenvalue weighted by Crippen LogP contribution is -2.21. The minimum absolute atomic E-state index is 0.0389. The number of hydrogen-bond donors (Lipinski definition) is 1. The van der Waals surface area contributed by atoms with E-state index in [0.29, 0.717) is 22.1 Å². The van der Waals surface area contributed by atoms with Gasteiger partial charge in [-0.3, -0.25) is 9.59 Å². The number of carbonyl (C=O) groups is 3. The maximum Gasteiger partial charge on any atom is 0.339 e. The highest BCUT2D eigenvalue weighted by molar-refractivity contribution is 9.10. The van der Waals surface area contributed by atoms with Crippen molar-refractivity contribution in [2.24, 2.45) is 0 Å². The summed E-state index contributed by atoms with van der Waals surface area (Å²) in [5, 5.41) is 2.75. The second-order valence-corrected chi connectivity index (χ2v) is 6.62. The van der Waals surface area contributed by atoms with Gasteiger partial charge in [-0.1, -0.05) is 36.4 Å². The molecule has 1 amide bonds. The molecule has 0 aromatic heterocycles. The van der Waals surface area contributed by atoms with E-state index in [-0.39, 0.29) is 18.3 Å². The molecule has 26 heavy (non-hydrogen) atoms. The van der Waals surface area contributed by atoms with E-state index in [1.54, 1.807) is 36.4 Å². The number of nitrogens with one attached hydrogen (secondary N) is 1. The number of esters is 1. The van der Waals surface area contributed by atoms with Crippen molar-refractivity contribution in [1.29, 1.82) is 0 Å². The predicted octanol–water partition coefficient (Wildman–Crippen LogP) is 3.56. The fourth-order valence-corrected chi connectivity index (χ4v) is 2.78. The molecular weight excluding hydrogens is 398 g/mol. The van der Waals surface area contributed by atoms with Crippen LogP contribution in [0.2, 0.25) is 0 Å². The van der Waals surface area contributed by atoms with Crippen molar-refractivity contribution in [1.82, 2.24) is 5.32 Å². The molecule has 0 unspecified atom stereocenters. The van der Waals surface area contributed by atoms with E-state index in [0.717, 1.165) is 18.4 Å². The van der Waals surface area contributed by atoms with Gasteiger partial charge < -0.3 is 10.1 Å². The Morgan fingerprint density at radius 3 is 2.38 bits per heavy atom. The average molecular weight is 418 g/mol. The molecule has 0 aliphatic heterocycles. The number of hydrogen-bond acceptors (Lipinski definition) is 4. The molecule has 2 rings (SSSR count). The first-order chi connectivity index (χ1) is 12.5. The highest BCUT2D eigenvalue weighted by Gasteiger charge is 2.14. The van der Waals surface area contributed by atoms with Crippen molar-refractivity contribution in [2.45, 2.75) is 19.8 Å². The lowest BCUT2D eigenvalue weighted by Gasteiger charge is -2.07. The van der Waals surface area contributed by atoms with Crippen LogP contribution >= 0.6 is 15.9 Å². The second-order valence-electron chi connectivity index (χ2n) is 5.76. The highest BCUT2D eigenvalue weighted by Crippen LogP contribution is 2.17. The predicted molar refractivity (Wildman–Crippen MR) is 102 cm³/mol. The third-order valence-corrected chi connectivity index (χ3v) is 4.41. The van der Waals surface area contributed by atoms with E-state index in [2.05, 4.69) is 21.2 Å². The number of amides is 1. The van der Waals surface area contributed by atoms with Crippen LogP contribution in [0.5, 0.6) is 0 Å². The van der Waals surface area contributed by atoms with Gasteiger partial charge in [0.25, 0.3) is 0 Å². The molecule has 0 aliphatic rings. The van der Waals surface area contributed by atoms with Crippen LogP contribution in [0.1, 0.15) is 39.6 Å². The molecule has 1 N–H and O–H groups in total. The first-order valence-corrected chi connectivity index (χ1v) is 9.05. The smallest absolute Gasteiger partial charge is 0.339 e. The molecule has 0 saturated heterocycles. The van der Waals surface area contributed by atoms with Crippen LogP contribution in [-0.4, -0.2) is 30.8 Å². The molecule has 0 heterocycles. The van der Waals surface area contributed by atoms with Crippen molar-refractivity contribution < 1.29 is 19.1 Å². The summed E-state index contributed by atoms with van der Waals surface area (Å²) in [6.45, 7) is 1.81. The SMILES string of the molecule is CC(=O)NCCCc1ccc(C(=O)COC(=O)c2ccccc2Br)cc1. The first kappa shape index (κ1) is 19.8. The topological polar surface area (TPSA) is 72.5 Å². The Balaban J connectivity index is 1.83. The molecule has 0 spiro atoms. The molecule has 0 radical (unpaired) electrons. The summed E-state index contributed by atoms with van der Waals surface area (Å²) >= 11 is 3.28. The number of halogens is 1. The van der Waals surface area contributed by atoms with Crippen LogP contribution in [0.4, 0.5) is 0 Å². The zero-order valence-corrected chi connectivity index (χ0v) is 16.0. The molecule has 2 aromatic rings. The van der Waals surface area contributed by atoms with Crippen molar-refractivity contribution in [3.63, 3.8) is 0 Å². The van der Waals surface area contributed by atoms with Gasteiger partial charge in [0, 0.05) is 23.5 Å². The van der Waals surface area contributed by atoms with Crippen LogP contribution in [0, 0.1) is 0 Å². The normalized spacial score (nSPS) is 10.2. The molecule has 2 aromatic carbocycles. The summed E-state index contributed by atoms with van der Waals surface area (Å²) in [5.41, 5.74) is 1.96. The third-order valence-electron chi connectivity index (χ3n) is 3.72. The van der Waals surface area contributed by atoms with Crippen molar-refractivity contribution in [2.75, 3.05) is 13.2 Å². The van der Waals surface area contributed by atoms with E-state index >= 15 is 0 Å². The molecule has 0 fully saturated rings. The second kappa shape index (κ2) is 9.87. The monoisotopic (exact) mass is 417 g/mol. The van der Waals surface area contributed by atoms with Gasteiger partial charge in [-0.15, -0.1) is 0 Å². The van der Waals surface area contributed by atoms with Gasteiger partial charge in [0.15, 0.2) is 12.4 Å². The lowest BCUT2D eigenvalue weighted by molar-refractivity contribution is -0.118. The highest BCUT2D eigenvalue weighted by atomic mass is 79.9. The summed E-state index contributed by atoms with van der Waals surface area (Å²) in [5.74, 6) is -0.835. The van der Waals surface area contributed by atoms with Crippen LogP contribution in [0.3, 0.4) is 0 Å². The van der Waals surface area contributed by atoms with E-state index in [1.807, 2.05) is 12.1 Å². The zero-order valence-electron chi connectivity index (χ0n) is 14.5. The Hall–Kier alpha value is -2.47. The van der Waals surface area contributed by atoms with Gasteiger partial charge >= 0.3 is 5.97 Å². The van der Waals surface area contributed by atoms with Crippen molar-refractivity contribution in [3.05, 3.63) is 69.7 Å². The van der Waals surface area contributed by atoms with Crippen LogP contribution in [0.15, 0.2) is 53.0 Å². The molecule has 0 bridgehead atoms. The Morgan fingerprint density at radius 1 is 1.04 bits per heavy atom. The molecule has 136 valence electrons. The summed E-state index contributed by atoms with van der Waals surface area (Å²) in [7, 11) is 0. The zero-order chi connectivity index (χ0) is 18.9. The number of benzene rings is 2. The van der Waals surface area contributed by atoms with Crippen LogP contribution in [-0.2, 0) is 16.0 Å². The number of ether oxygens (including phenoxy) is 1. The van der Waals surface area contributed by atoms with Crippen LogP contribution < -0.4 is 5.32 Å². The number of Topliss-reactive ketones (excluding diaryl/α,β-unsaturated/α-hetero) is 1. The minimum atomic E-state index is -0.541. The van der Waals surface area contributed by atoms with Crippen molar-refractivity contribution >= 4 is 33.6 Å². The summed E-state index contributed by atoms with van der Waals surface area (Å²) < 4.78 is 5.72. The quantitative estimate of drug-likeness (QED) is 0.404. The number of rotatable bonds is 8. The summed E-state index contributed by atoms with van der Waals surface area (Å²) in [6.07, 6.45) is 1.64. The lowest BCUT2D eigenvalue weighted by atomic mass is 10.1. The van der Waals surface area contributed by atoms with Gasteiger partial charge in [-0.05, 0) is 46.5 Å². The molecule has 5 nitrogen and oxygen atoms in total. The van der Waals surface area contributed by atoms with Gasteiger partial charge in [0.2, 0.25) is 5.91 Å². The average Bonchev–Trinajstić information content (AvgIpc) is 2.63. The van der Waals surface area contributed by atoms with E-state index in [1.165, 1.54) is 6.92 Å². The van der Waals surface area contributed by atoms with Gasteiger partial charge in [-0.25, -0.2) is 4.79 Å². The molecule has 0 aliphatic carbocycles.